The van der Waals surface area contributed by atoms with Crippen molar-refractivity contribution in [3.63, 3.8) is 0 Å². The Balaban J connectivity index is 2.71. The minimum atomic E-state index is -0.548. The topological polar surface area (TPSA) is 94.2 Å². The number of rotatable bonds is 72. The SMILES string of the molecule is CCCCCC(CCCCC)CCOCCCCCCCCCOC1[C@@H](COC(=O)CCCN(C)C)O[C@@H](OCCCCCCCCCOCCC(CCCCC)CCCCC)[C@H]1OCCCCCCCCCOCCC(CCCCC)CCCCC. The average Bonchev–Trinajstić information content (AvgIpc) is 2.00. The van der Waals surface area contributed by atoms with Crippen molar-refractivity contribution in [3.05, 3.63) is 0 Å². The number of hydrogen-bond donors (Lipinski definition) is 0. The molecule has 0 N–H and O–H groups in total. The molecule has 10 nitrogen and oxygen atoms in total. The molecule has 0 saturated carbocycles. The van der Waals surface area contributed by atoms with E-state index in [4.69, 9.17) is 37.9 Å². The maximum Gasteiger partial charge on any atom is 0.305 e. The second kappa shape index (κ2) is 66.6. The zero-order valence-electron chi connectivity index (χ0n) is 59.8. The highest BCUT2D eigenvalue weighted by atomic mass is 16.7. The van der Waals surface area contributed by atoms with Gasteiger partial charge in [0.25, 0.3) is 0 Å². The van der Waals surface area contributed by atoms with Gasteiger partial charge in [0.15, 0.2) is 6.29 Å². The summed E-state index contributed by atoms with van der Waals surface area (Å²) in [6.45, 7) is 22.3. The van der Waals surface area contributed by atoms with Crippen LogP contribution >= 0.6 is 0 Å². The van der Waals surface area contributed by atoms with Crippen molar-refractivity contribution in [2.24, 2.45) is 17.8 Å². The van der Waals surface area contributed by atoms with E-state index in [9.17, 15) is 4.79 Å². The van der Waals surface area contributed by atoms with E-state index in [0.29, 0.717) is 26.2 Å². The standard InChI is InChI=1S/C77H153NO9/c1-9-15-36-49-70(50-37-16-10-2)56-66-80-60-42-30-24-21-27-33-45-63-83-75-73(69-86-74(79)55-48-59-78(7)8)87-77(85-65-47-35-29-23-26-32-44-62-82-68-58-72(53-40-19-13-5)54-41-20-14-6)76(75)84-64-46-34-28-22-25-31-43-61-81-67-57-71(51-38-17-11-3)52-39-18-12-4/h70-73,75-77H,9-69H2,1-8H3/t73-,75?,76+,77-/m1/s1. The summed E-state index contributed by atoms with van der Waals surface area (Å²) in [5, 5.41) is 0. The molecule has 0 spiro atoms. The van der Waals surface area contributed by atoms with Gasteiger partial charge in [-0.15, -0.1) is 0 Å². The van der Waals surface area contributed by atoms with E-state index in [2.05, 4.69) is 46.4 Å². The van der Waals surface area contributed by atoms with Gasteiger partial charge >= 0.3 is 5.97 Å². The highest BCUT2D eigenvalue weighted by molar-refractivity contribution is 5.69. The Hall–Kier alpha value is -0.850. The van der Waals surface area contributed by atoms with Crippen molar-refractivity contribution in [1.82, 2.24) is 4.90 Å². The van der Waals surface area contributed by atoms with Crippen LogP contribution in [0, 0.1) is 17.8 Å². The second-order valence-electron chi connectivity index (χ2n) is 27.4. The van der Waals surface area contributed by atoms with Gasteiger partial charge in [-0.25, -0.2) is 0 Å². The van der Waals surface area contributed by atoms with Crippen molar-refractivity contribution in [2.45, 2.75) is 387 Å². The molecule has 1 aliphatic heterocycles. The van der Waals surface area contributed by atoms with E-state index < -0.39 is 12.4 Å². The third kappa shape index (κ3) is 54.3. The lowest BCUT2D eigenvalue weighted by Crippen LogP contribution is -2.40. The molecule has 0 aromatic heterocycles. The minimum Gasteiger partial charge on any atom is -0.463 e. The summed E-state index contributed by atoms with van der Waals surface area (Å²) in [4.78, 5) is 15.1. The largest absolute Gasteiger partial charge is 0.463 e. The number of unbranched alkanes of at least 4 members (excludes halogenated alkanes) is 30. The fourth-order valence-corrected chi connectivity index (χ4v) is 12.8. The van der Waals surface area contributed by atoms with Crippen molar-refractivity contribution in [3.8, 4) is 0 Å². The lowest BCUT2D eigenvalue weighted by Gasteiger charge is -2.25. The summed E-state index contributed by atoms with van der Waals surface area (Å²) < 4.78 is 51.2. The molecule has 0 bridgehead atoms. The van der Waals surface area contributed by atoms with Gasteiger partial charge < -0.3 is 42.8 Å². The molecule has 520 valence electrons. The maximum atomic E-state index is 13.0. The summed E-state index contributed by atoms with van der Waals surface area (Å²) >= 11 is 0. The van der Waals surface area contributed by atoms with Crippen molar-refractivity contribution >= 4 is 5.97 Å². The van der Waals surface area contributed by atoms with E-state index in [1.807, 2.05) is 14.1 Å². The van der Waals surface area contributed by atoms with Gasteiger partial charge in [0, 0.05) is 65.9 Å². The molecule has 0 radical (unpaired) electrons. The number of carbonyl (C=O) groups is 1. The second-order valence-corrected chi connectivity index (χ2v) is 27.4. The van der Waals surface area contributed by atoms with Crippen LogP contribution in [0.4, 0.5) is 0 Å². The molecule has 0 amide bonds. The highest BCUT2D eigenvalue weighted by Crippen LogP contribution is 2.30. The lowest BCUT2D eigenvalue weighted by atomic mass is 9.92. The van der Waals surface area contributed by atoms with Gasteiger partial charge in [-0.1, -0.05) is 292 Å². The van der Waals surface area contributed by atoms with Gasteiger partial charge in [-0.05, 0) is 103 Å². The van der Waals surface area contributed by atoms with Crippen LogP contribution in [0.5, 0.6) is 0 Å². The Labute approximate surface area is 542 Å². The molecule has 0 aromatic carbocycles. The average molecular weight is 1240 g/mol. The summed E-state index contributed by atoms with van der Waals surface area (Å²) in [6.07, 6.45) is 60.6. The third-order valence-corrected chi connectivity index (χ3v) is 18.7. The van der Waals surface area contributed by atoms with Crippen LogP contribution in [0.1, 0.15) is 363 Å². The van der Waals surface area contributed by atoms with E-state index >= 15 is 0 Å². The quantitative estimate of drug-likeness (QED) is 0.0433. The smallest absolute Gasteiger partial charge is 0.305 e. The molecule has 4 atom stereocenters. The first-order chi connectivity index (χ1) is 42.8. The van der Waals surface area contributed by atoms with Gasteiger partial charge in [0.2, 0.25) is 0 Å². The van der Waals surface area contributed by atoms with Crippen LogP contribution in [0.3, 0.4) is 0 Å². The van der Waals surface area contributed by atoms with Gasteiger partial charge in [0.05, 0.1) is 0 Å². The molecule has 1 unspecified atom stereocenters. The number of nitrogens with zero attached hydrogens (tertiary/aromatic N) is 1. The zero-order valence-corrected chi connectivity index (χ0v) is 59.8. The first-order valence-electron chi connectivity index (χ1n) is 38.9. The van der Waals surface area contributed by atoms with Gasteiger partial charge in [0.1, 0.15) is 24.9 Å². The zero-order chi connectivity index (χ0) is 63.0. The Bertz CT molecular complexity index is 1330. The van der Waals surface area contributed by atoms with Crippen LogP contribution in [0.2, 0.25) is 0 Å². The highest BCUT2D eigenvalue weighted by Gasteiger charge is 2.47. The molecule has 1 rings (SSSR count). The van der Waals surface area contributed by atoms with Crippen molar-refractivity contribution < 1.29 is 42.7 Å². The lowest BCUT2D eigenvalue weighted by molar-refractivity contribution is -0.184. The monoisotopic (exact) mass is 1240 g/mol. The number of carbonyl (C=O) groups excluding carboxylic acids is 1. The number of ether oxygens (including phenoxy) is 8. The maximum absolute atomic E-state index is 13.0. The molecule has 10 heteroatoms. The van der Waals surface area contributed by atoms with E-state index in [0.717, 1.165) is 115 Å². The van der Waals surface area contributed by atoms with Gasteiger partial charge in [-0.3, -0.25) is 4.79 Å². The molecule has 1 aliphatic rings. The van der Waals surface area contributed by atoms with Crippen LogP contribution in [-0.4, -0.2) is 122 Å². The molecule has 1 heterocycles. The minimum absolute atomic E-state index is 0.153. The fraction of sp³-hybridized carbons (Fsp3) is 0.987. The molecule has 87 heavy (non-hydrogen) atoms. The summed E-state index contributed by atoms with van der Waals surface area (Å²) in [7, 11) is 4.07. The third-order valence-electron chi connectivity index (χ3n) is 18.7. The summed E-state index contributed by atoms with van der Waals surface area (Å²) in [6, 6.07) is 0. The van der Waals surface area contributed by atoms with Gasteiger partial charge in [-0.2, -0.15) is 0 Å². The molecule has 1 saturated heterocycles. The molecular formula is C77H153NO9. The number of hydrogen-bond acceptors (Lipinski definition) is 10. The number of esters is 1. The Morgan fingerprint density at radius 3 is 0.954 bits per heavy atom. The Kier molecular flexibility index (Phi) is 64.4. The normalized spacial score (nSPS) is 16.3. The van der Waals surface area contributed by atoms with Crippen LogP contribution in [0.15, 0.2) is 0 Å². The van der Waals surface area contributed by atoms with E-state index in [1.165, 1.54) is 263 Å². The fourth-order valence-electron chi connectivity index (χ4n) is 12.8. The Morgan fingerprint density at radius 2 is 0.632 bits per heavy atom. The first kappa shape index (κ1) is 84.2. The van der Waals surface area contributed by atoms with Crippen LogP contribution in [-0.2, 0) is 42.7 Å². The summed E-state index contributed by atoms with van der Waals surface area (Å²) in [5.41, 5.74) is 0. The molecule has 0 aromatic rings. The first-order valence-corrected chi connectivity index (χ1v) is 38.9. The van der Waals surface area contributed by atoms with Crippen LogP contribution < -0.4 is 0 Å². The summed E-state index contributed by atoms with van der Waals surface area (Å²) in [5.74, 6) is 2.35. The molecule has 0 aliphatic carbocycles. The molecular weight excluding hydrogens is 1080 g/mol. The van der Waals surface area contributed by atoms with Crippen molar-refractivity contribution in [2.75, 3.05) is 86.7 Å². The predicted octanol–water partition coefficient (Wildman–Crippen LogP) is 22.1. The van der Waals surface area contributed by atoms with Crippen LogP contribution in [0.25, 0.3) is 0 Å². The van der Waals surface area contributed by atoms with E-state index in [-0.39, 0.29) is 24.8 Å². The Morgan fingerprint density at radius 1 is 0.333 bits per heavy atom. The van der Waals surface area contributed by atoms with E-state index in [1.54, 1.807) is 0 Å². The molecule has 1 fully saturated rings. The predicted molar refractivity (Wildman–Crippen MR) is 371 cm³/mol. The van der Waals surface area contributed by atoms with Crippen molar-refractivity contribution in [1.29, 1.82) is 0 Å².